The van der Waals surface area contributed by atoms with Gasteiger partial charge in [0.2, 0.25) is 21.8 Å². The molecule has 1 unspecified atom stereocenters. The van der Waals surface area contributed by atoms with Crippen LogP contribution in [0.4, 0.5) is 5.69 Å². The van der Waals surface area contributed by atoms with Crippen LogP contribution in [0.25, 0.3) is 0 Å². The lowest BCUT2D eigenvalue weighted by molar-refractivity contribution is -0.141. The average molecular weight is 574 g/mol. The lowest BCUT2D eigenvalue weighted by atomic mass is 9.95. The molecule has 1 aliphatic rings. The number of nitrogens with one attached hydrogen (secondary N) is 1. The van der Waals surface area contributed by atoms with Crippen LogP contribution in [0.1, 0.15) is 64.4 Å². The van der Waals surface area contributed by atoms with Gasteiger partial charge in [0.15, 0.2) is 0 Å². The van der Waals surface area contributed by atoms with Crippen LogP contribution in [0.5, 0.6) is 11.5 Å². The third-order valence-electron chi connectivity index (χ3n) is 7.19. The number of sulfonamides is 1. The van der Waals surface area contributed by atoms with Crippen molar-refractivity contribution < 1.29 is 27.5 Å². The molecule has 1 fully saturated rings. The van der Waals surface area contributed by atoms with Gasteiger partial charge in [0.1, 0.15) is 17.5 Å². The molecule has 0 radical (unpaired) electrons. The number of hydrogen-bond donors (Lipinski definition) is 1. The zero-order valence-corrected chi connectivity index (χ0v) is 24.9. The standard InChI is InChI=1S/C30H43N3O6S/c1-5-39-27-18-16-26(17-19-27)33(40(4,36)37)20-10-15-29(34)32(22-24-11-9-14-28(21-24)38-3)23(2)30(35)31-25-12-7-6-8-13-25/h9,11,14,16-19,21,23,25H,5-8,10,12-13,15,20,22H2,1-4H3,(H,31,35). The second-order valence-electron chi connectivity index (χ2n) is 10.3. The summed E-state index contributed by atoms with van der Waals surface area (Å²) >= 11 is 0. The minimum Gasteiger partial charge on any atom is -0.497 e. The molecule has 0 aliphatic heterocycles. The van der Waals surface area contributed by atoms with E-state index in [4.69, 9.17) is 9.47 Å². The molecule has 10 heteroatoms. The SMILES string of the molecule is CCOc1ccc(N(CCCC(=O)N(Cc2cccc(OC)c2)C(C)C(=O)NC2CCCCC2)S(C)(=O)=O)cc1. The van der Waals surface area contributed by atoms with Crippen LogP contribution in [0, 0.1) is 0 Å². The summed E-state index contributed by atoms with van der Waals surface area (Å²) in [4.78, 5) is 28.3. The van der Waals surface area contributed by atoms with E-state index < -0.39 is 16.1 Å². The predicted molar refractivity (Wildman–Crippen MR) is 157 cm³/mol. The topological polar surface area (TPSA) is 105 Å². The van der Waals surface area contributed by atoms with Gasteiger partial charge in [-0.1, -0.05) is 31.4 Å². The quantitative estimate of drug-likeness (QED) is 0.357. The lowest BCUT2D eigenvalue weighted by Crippen LogP contribution is -2.50. The maximum Gasteiger partial charge on any atom is 0.242 e. The number of rotatable bonds is 14. The molecular weight excluding hydrogens is 530 g/mol. The average Bonchev–Trinajstić information content (AvgIpc) is 2.94. The highest BCUT2D eigenvalue weighted by molar-refractivity contribution is 7.92. The predicted octanol–water partition coefficient (Wildman–Crippen LogP) is 4.51. The number of hydrogen-bond acceptors (Lipinski definition) is 6. The molecule has 9 nitrogen and oxygen atoms in total. The van der Waals surface area contributed by atoms with Gasteiger partial charge in [-0.2, -0.15) is 0 Å². The number of carbonyl (C=O) groups is 2. The van der Waals surface area contributed by atoms with E-state index in [1.807, 2.05) is 31.2 Å². The molecule has 3 rings (SSSR count). The third-order valence-corrected chi connectivity index (χ3v) is 8.39. The van der Waals surface area contributed by atoms with Crippen molar-refractivity contribution in [2.45, 2.75) is 77.4 Å². The van der Waals surface area contributed by atoms with Crippen molar-refractivity contribution in [2.24, 2.45) is 0 Å². The van der Waals surface area contributed by atoms with E-state index in [2.05, 4.69) is 5.32 Å². The molecule has 2 aromatic rings. The molecule has 220 valence electrons. The Bertz CT molecular complexity index is 1210. The van der Waals surface area contributed by atoms with E-state index in [0.29, 0.717) is 30.2 Å². The van der Waals surface area contributed by atoms with Gasteiger partial charge < -0.3 is 19.7 Å². The maximum atomic E-state index is 13.6. The summed E-state index contributed by atoms with van der Waals surface area (Å²) in [6, 6.07) is 13.7. The smallest absolute Gasteiger partial charge is 0.242 e. The Kier molecular flexibility index (Phi) is 11.7. The number of benzene rings is 2. The molecule has 2 amide bonds. The molecule has 0 bridgehead atoms. The number of anilines is 1. The monoisotopic (exact) mass is 573 g/mol. The molecule has 1 atom stereocenters. The van der Waals surface area contributed by atoms with E-state index in [9.17, 15) is 18.0 Å². The summed E-state index contributed by atoms with van der Waals surface area (Å²) in [5.74, 6) is 0.941. The molecular formula is C30H43N3O6S. The van der Waals surface area contributed by atoms with Crippen molar-refractivity contribution in [1.82, 2.24) is 10.2 Å². The molecule has 0 saturated heterocycles. The normalized spacial score (nSPS) is 14.7. The summed E-state index contributed by atoms with van der Waals surface area (Å²) in [6.07, 6.45) is 6.82. The maximum absolute atomic E-state index is 13.6. The van der Waals surface area contributed by atoms with E-state index in [-0.39, 0.29) is 37.4 Å². The van der Waals surface area contributed by atoms with Crippen molar-refractivity contribution in [3.05, 3.63) is 54.1 Å². The van der Waals surface area contributed by atoms with Gasteiger partial charge in [0.25, 0.3) is 0 Å². The van der Waals surface area contributed by atoms with E-state index in [1.54, 1.807) is 43.2 Å². The fourth-order valence-electron chi connectivity index (χ4n) is 5.00. The Hall–Kier alpha value is -3.27. The minimum atomic E-state index is -3.57. The number of amides is 2. The van der Waals surface area contributed by atoms with Gasteiger partial charge in [-0.25, -0.2) is 8.42 Å². The van der Waals surface area contributed by atoms with Crippen LogP contribution in [0.15, 0.2) is 48.5 Å². The van der Waals surface area contributed by atoms with Crippen LogP contribution < -0.4 is 19.1 Å². The first-order chi connectivity index (χ1) is 19.1. The second kappa shape index (κ2) is 14.9. The summed E-state index contributed by atoms with van der Waals surface area (Å²) in [6.45, 7) is 4.52. The molecule has 2 aromatic carbocycles. The third kappa shape index (κ3) is 9.15. The van der Waals surface area contributed by atoms with Gasteiger partial charge in [0.05, 0.1) is 25.7 Å². The molecule has 1 aliphatic carbocycles. The first kappa shape index (κ1) is 31.3. The molecule has 40 heavy (non-hydrogen) atoms. The zero-order valence-electron chi connectivity index (χ0n) is 24.1. The number of carbonyl (C=O) groups excluding carboxylic acids is 2. The van der Waals surface area contributed by atoms with Crippen molar-refractivity contribution >= 4 is 27.5 Å². The molecule has 0 spiro atoms. The van der Waals surface area contributed by atoms with E-state index in [1.165, 1.54) is 10.7 Å². The Morgan fingerprint density at radius 1 is 1.05 bits per heavy atom. The number of ether oxygens (including phenoxy) is 2. The van der Waals surface area contributed by atoms with Crippen LogP contribution >= 0.6 is 0 Å². The Balaban J connectivity index is 1.72. The van der Waals surface area contributed by atoms with Gasteiger partial charge in [-0.3, -0.25) is 13.9 Å². The molecule has 0 aromatic heterocycles. The van der Waals surface area contributed by atoms with Crippen LogP contribution in [0.3, 0.4) is 0 Å². The van der Waals surface area contributed by atoms with Crippen molar-refractivity contribution in [2.75, 3.05) is 30.8 Å². The van der Waals surface area contributed by atoms with Gasteiger partial charge in [-0.05, 0) is 75.1 Å². The number of methoxy groups -OCH3 is 1. The Morgan fingerprint density at radius 3 is 2.38 bits per heavy atom. The largest absolute Gasteiger partial charge is 0.497 e. The Morgan fingerprint density at radius 2 is 1.75 bits per heavy atom. The van der Waals surface area contributed by atoms with Crippen molar-refractivity contribution in [3.8, 4) is 11.5 Å². The first-order valence-corrected chi connectivity index (χ1v) is 15.9. The molecule has 1 N–H and O–H groups in total. The summed E-state index contributed by atoms with van der Waals surface area (Å²) < 4.78 is 37.2. The highest BCUT2D eigenvalue weighted by Gasteiger charge is 2.28. The van der Waals surface area contributed by atoms with Crippen LogP contribution in [-0.4, -0.2) is 63.7 Å². The van der Waals surface area contributed by atoms with Gasteiger partial charge in [0, 0.05) is 25.6 Å². The van der Waals surface area contributed by atoms with Gasteiger partial charge in [-0.15, -0.1) is 0 Å². The summed E-state index contributed by atoms with van der Waals surface area (Å²) in [5, 5.41) is 3.14. The van der Waals surface area contributed by atoms with Crippen molar-refractivity contribution in [3.63, 3.8) is 0 Å². The number of nitrogens with zero attached hydrogens (tertiary/aromatic N) is 2. The van der Waals surface area contributed by atoms with Gasteiger partial charge >= 0.3 is 0 Å². The van der Waals surface area contributed by atoms with Crippen LogP contribution in [0.2, 0.25) is 0 Å². The highest BCUT2D eigenvalue weighted by atomic mass is 32.2. The van der Waals surface area contributed by atoms with Crippen molar-refractivity contribution in [1.29, 1.82) is 0 Å². The van der Waals surface area contributed by atoms with Crippen LogP contribution in [-0.2, 0) is 26.2 Å². The molecule has 1 saturated carbocycles. The fourth-order valence-corrected chi connectivity index (χ4v) is 5.96. The minimum absolute atomic E-state index is 0.0913. The highest BCUT2D eigenvalue weighted by Crippen LogP contribution is 2.23. The summed E-state index contributed by atoms with van der Waals surface area (Å²) in [5.41, 5.74) is 1.35. The lowest BCUT2D eigenvalue weighted by Gasteiger charge is -2.31. The second-order valence-corrected chi connectivity index (χ2v) is 12.2. The molecule has 0 heterocycles. The fraction of sp³-hybridized carbons (Fsp3) is 0.533. The van der Waals surface area contributed by atoms with E-state index >= 15 is 0 Å². The summed E-state index contributed by atoms with van der Waals surface area (Å²) in [7, 11) is -1.99. The zero-order chi connectivity index (χ0) is 29.1. The first-order valence-electron chi connectivity index (χ1n) is 14.1. The Labute approximate surface area is 238 Å². The van der Waals surface area contributed by atoms with E-state index in [0.717, 1.165) is 37.5 Å².